The number of hydrogen-bond acceptors (Lipinski definition) is 4. The third-order valence-corrected chi connectivity index (χ3v) is 6.32. The fourth-order valence-corrected chi connectivity index (χ4v) is 4.43. The Morgan fingerprint density at radius 1 is 0.844 bits per heavy atom. The number of hydrogen-bond donors (Lipinski definition) is 0. The van der Waals surface area contributed by atoms with Crippen molar-refractivity contribution in [3.8, 4) is 11.1 Å². The molecule has 0 atom stereocenters. The van der Waals surface area contributed by atoms with Crippen molar-refractivity contribution in [1.29, 1.82) is 0 Å². The molecule has 5 nitrogen and oxygen atoms in total. The molecule has 4 aromatic rings. The van der Waals surface area contributed by atoms with E-state index in [4.69, 9.17) is 21.7 Å². The zero-order valence-electron chi connectivity index (χ0n) is 18.8. The van der Waals surface area contributed by atoms with Crippen LogP contribution in [0.5, 0.6) is 0 Å². The summed E-state index contributed by atoms with van der Waals surface area (Å²) in [4.78, 5) is 9.88. The molecule has 0 aliphatic carbocycles. The van der Waals surface area contributed by atoms with E-state index in [2.05, 4.69) is 67.0 Å². The van der Waals surface area contributed by atoms with Crippen molar-refractivity contribution >= 4 is 28.8 Å². The molecule has 0 N–H and O–H groups in total. The lowest BCUT2D eigenvalue weighted by molar-refractivity contribution is 0.565. The topological polar surface area (TPSA) is 36.7 Å². The van der Waals surface area contributed by atoms with Crippen LogP contribution in [0.4, 0.5) is 11.5 Å². The average molecular weight is 446 g/mol. The first kappa shape index (κ1) is 20.8. The molecule has 1 aliphatic rings. The van der Waals surface area contributed by atoms with E-state index in [9.17, 15) is 0 Å². The minimum atomic E-state index is -0.0582. The van der Waals surface area contributed by atoms with Crippen LogP contribution in [0.15, 0.2) is 66.9 Å². The van der Waals surface area contributed by atoms with Gasteiger partial charge in [-0.25, -0.2) is 4.98 Å². The molecule has 0 saturated carbocycles. The maximum Gasteiger partial charge on any atom is 0.165 e. The van der Waals surface area contributed by atoms with Gasteiger partial charge in [-0.15, -0.1) is 0 Å². The van der Waals surface area contributed by atoms with Gasteiger partial charge in [0.2, 0.25) is 0 Å². The van der Waals surface area contributed by atoms with Crippen molar-refractivity contribution in [3.63, 3.8) is 0 Å². The van der Waals surface area contributed by atoms with Gasteiger partial charge in [0, 0.05) is 53.9 Å². The third kappa shape index (κ3) is 3.93. The Hall–Kier alpha value is -3.05. The predicted molar refractivity (Wildman–Crippen MR) is 133 cm³/mol. The molecule has 0 radical (unpaired) electrons. The van der Waals surface area contributed by atoms with Crippen molar-refractivity contribution < 1.29 is 0 Å². The highest BCUT2D eigenvalue weighted by molar-refractivity contribution is 6.30. The van der Waals surface area contributed by atoms with E-state index in [-0.39, 0.29) is 5.41 Å². The summed E-state index contributed by atoms with van der Waals surface area (Å²) in [6.07, 6.45) is 1.94. The van der Waals surface area contributed by atoms with Crippen LogP contribution in [-0.2, 0) is 5.41 Å². The van der Waals surface area contributed by atoms with Gasteiger partial charge in [-0.05, 0) is 23.8 Å². The Morgan fingerprint density at radius 3 is 2.25 bits per heavy atom. The first-order valence-corrected chi connectivity index (χ1v) is 11.5. The number of halogens is 1. The first-order valence-electron chi connectivity index (χ1n) is 11.1. The van der Waals surface area contributed by atoms with Crippen LogP contribution in [0.2, 0.25) is 5.02 Å². The van der Waals surface area contributed by atoms with Gasteiger partial charge in [-0.1, -0.05) is 68.8 Å². The van der Waals surface area contributed by atoms with E-state index < -0.39 is 0 Å². The van der Waals surface area contributed by atoms with Crippen molar-refractivity contribution in [2.45, 2.75) is 26.2 Å². The Labute approximate surface area is 194 Å². The fourth-order valence-electron chi connectivity index (χ4n) is 4.24. The Balaban J connectivity index is 1.52. The molecule has 1 aliphatic heterocycles. The zero-order chi connectivity index (χ0) is 22.3. The van der Waals surface area contributed by atoms with E-state index in [1.54, 1.807) is 0 Å². The van der Waals surface area contributed by atoms with Gasteiger partial charge in [0.05, 0.1) is 11.9 Å². The number of piperazine rings is 1. The molecule has 2 aromatic heterocycles. The van der Waals surface area contributed by atoms with E-state index >= 15 is 0 Å². The van der Waals surface area contributed by atoms with Crippen molar-refractivity contribution in [2.75, 3.05) is 36.0 Å². The summed E-state index contributed by atoms with van der Waals surface area (Å²) in [6, 6.07) is 20.7. The zero-order valence-corrected chi connectivity index (χ0v) is 19.5. The van der Waals surface area contributed by atoms with Gasteiger partial charge >= 0.3 is 0 Å². The van der Waals surface area contributed by atoms with Gasteiger partial charge in [-0.2, -0.15) is 9.61 Å². The van der Waals surface area contributed by atoms with E-state index in [0.29, 0.717) is 0 Å². The second-order valence-electron chi connectivity index (χ2n) is 9.36. The van der Waals surface area contributed by atoms with E-state index in [1.165, 1.54) is 5.69 Å². The highest BCUT2D eigenvalue weighted by atomic mass is 35.5. The van der Waals surface area contributed by atoms with Crippen LogP contribution >= 0.6 is 11.6 Å². The highest BCUT2D eigenvalue weighted by Crippen LogP contribution is 2.31. The van der Waals surface area contributed by atoms with Crippen molar-refractivity contribution in [3.05, 3.63) is 77.6 Å². The Kier molecular flexibility index (Phi) is 5.30. The van der Waals surface area contributed by atoms with Crippen molar-refractivity contribution in [2.24, 2.45) is 0 Å². The molecule has 1 fully saturated rings. The lowest BCUT2D eigenvalue weighted by Gasteiger charge is -2.37. The predicted octanol–water partition coefficient (Wildman–Crippen LogP) is 5.67. The second-order valence-corrected chi connectivity index (χ2v) is 9.80. The highest BCUT2D eigenvalue weighted by Gasteiger charge is 2.25. The van der Waals surface area contributed by atoms with Crippen LogP contribution < -0.4 is 9.80 Å². The lowest BCUT2D eigenvalue weighted by Crippen LogP contribution is -2.47. The normalized spacial score (nSPS) is 14.9. The number of benzene rings is 2. The van der Waals surface area contributed by atoms with Gasteiger partial charge in [-0.3, -0.25) is 0 Å². The van der Waals surface area contributed by atoms with Gasteiger partial charge in [0.25, 0.3) is 0 Å². The van der Waals surface area contributed by atoms with Crippen LogP contribution in [0.3, 0.4) is 0 Å². The number of aromatic nitrogens is 3. The van der Waals surface area contributed by atoms with Gasteiger partial charge in [0.1, 0.15) is 5.82 Å². The molecular weight excluding hydrogens is 418 g/mol. The molecule has 0 unspecified atom stereocenters. The number of anilines is 2. The molecule has 6 heteroatoms. The smallest absolute Gasteiger partial charge is 0.165 e. The molecule has 3 heterocycles. The van der Waals surface area contributed by atoms with Crippen LogP contribution in [0.1, 0.15) is 26.5 Å². The summed E-state index contributed by atoms with van der Waals surface area (Å²) in [5, 5.41) is 5.54. The van der Waals surface area contributed by atoms with E-state index in [1.807, 2.05) is 35.0 Å². The summed E-state index contributed by atoms with van der Waals surface area (Å²) in [5.74, 6) is 1.10. The summed E-state index contributed by atoms with van der Waals surface area (Å²) < 4.78 is 2.01. The molecule has 0 bridgehead atoms. The second kappa shape index (κ2) is 8.14. The summed E-state index contributed by atoms with van der Waals surface area (Å²) in [7, 11) is 0. The molecule has 164 valence electrons. The molecule has 0 spiro atoms. The first-order chi connectivity index (χ1) is 15.4. The number of fused-ring (bicyclic) bond motifs is 1. The summed E-state index contributed by atoms with van der Waals surface area (Å²) in [5.41, 5.74) is 5.31. The quantitative estimate of drug-likeness (QED) is 0.407. The lowest BCUT2D eigenvalue weighted by atomic mass is 9.91. The molecule has 1 saturated heterocycles. The maximum atomic E-state index is 6.21. The van der Waals surface area contributed by atoms with Crippen LogP contribution in [-0.4, -0.2) is 40.8 Å². The molecule has 5 rings (SSSR count). The third-order valence-electron chi connectivity index (χ3n) is 6.08. The average Bonchev–Trinajstić information content (AvgIpc) is 3.23. The summed E-state index contributed by atoms with van der Waals surface area (Å²) >= 11 is 6.21. The Morgan fingerprint density at radius 2 is 1.56 bits per heavy atom. The minimum absolute atomic E-state index is 0.0582. The molecule has 2 aromatic carbocycles. The maximum absolute atomic E-state index is 6.21. The van der Waals surface area contributed by atoms with Crippen LogP contribution in [0, 0.1) is 0 Å². The minimum Gasteiger partial charge on any atom is -0.368 e. The standard InChI is InChI=1S/C26H28ClN5/c1-26(2,3)23-17-24(31-14-12-30(13-15-31)21-11-7-10-20(27)16-21)32-25(29-23)22(18-28-32)19-8-5-4-6-9-19/h4-11,16-18H,12-15H2,1-3H3. The fraction of sp³-hybridized carbons (Fsp3) is 0.308. The van der Waals surface area contributed by atoms with Crippen molar-refractivity contribution in [1.82, 2.24) is 14.6 Å². The SMILES string of the molecule is CC(C)(C)c1cc(N2CCN(c3cccc(Cl)c3)CC2)n2ncc(-c3ccccc3)c2n1. The molecule has 0 amide bonds. The molecular formula is C26H28ClN5. The van der Waals surface area contributed by atoms with Crippen LogP contribution in [0.25, 0.3) is 16.8 Å². The van der Waals surface area contributed by atoms with E-state index in [0.717, 1.165) is 59.5 Å². The molecule has 32 heavy (non-hydrogen) atoms. The number of nitrogens with zero attached hydrogens (tertiary/aromatic N) is 5. The van der Waals surface area contributed by atoms with Gasteiger partial charge in [0.15, 0.2) is 5.65 Å². The van der Waals surface area contributed by atoms with Gasteiger partial charge < -0.3 is 9.80 Å². The largest absolute Gasteiger partial charge is 0.368 e. The number of rotatable bonds is 3. The summed E-state index contributed by atoms with van der Waals surface area (Å²) in [6.45, 7) is 10.3. The Bertz CT molecular complexity index is 1230. The monoisotopic (exact) mass is 445 g/mol.